The average molecular weight is 202 g/mol. The SMILES string of the molecule is COC(=O)C(C)C1C=Cc2ccccc21. The monoisotopic (exact) mass is 202 g/mol. The van der Waals surface area contributed by atoms with Gasteiger partial charge in [-0.2, -0.15) is 0 Å². The van der Waals surface area contributed by atoms with E-state index in [0.29, 0.717) is 0 Å². The van der Waals surface area contributed by atoms with Gasteiger partial charge in [0.2, 0.25) is 0 Å². The Balaban J connectivity index is 2.28. The van der Waals surface area contributed by atoms with Crippen LogP contribution in [0, 0.1) is 5.92 Å². The molecule has 1 aliphatic rings. The van der Waals surface area contributed by atoms with Crippen molar-refractivity contribution >= 4 is 12.0 Å². The third-order valence-corrected chi connectivity index (χ3v) is 2.95. The highest BCUT2D eigenvalue weighted by molar-refractivity contribution is 5.76. The van der Waals surface area contributed by atoms with Crippen molar-refractivity contribution in [1.82, 2.24) is 0 Å². The number of hydrogen-bond acceptors (Lipinski definition) is 2. The van der Waals surface area contributed by atoms with Gasteiger partial charge in [0.15, 0.2) is 0 Å². The van der Waals surface area contributed by atoms with Crippen LogP contribution in [0.25, 0.3) is 6.08 Å². The largest absolute Gasteiger partial charge is 0.469 e. The van der Waals surface area contributed by atoms with Gasteiger partial charge in [0.1, 0.15) is 0 Å². The first-order chi connectivity index (χ1) is 7.24. The predicted octanol–water partition coefficient (Wildman–Crippen LogP) is 2.61. The van der Waals surface area contributed by atoms with Gasteiger partial charge < -0.3 is 4.74 Å². The van der Waals surface area contributed by atoms with Gasteiger partial charge in [-0.3, -0.25) is 4.79 Å². The summed E-state index contributed by atoms with van der Waals surface area (Å²) in [5.41, 5.74) is 2.42. The summed E-state index contributed by atoms with van der Waals surface area (Å²) in [6.45, 7) is 1.91. The van der Waals surface area contributed by atoms with Gasteiger partial charge in [-0.15, -0.1) is 0 Å². The molecule has 1 aromatic rings. The lowest BCUT2D eigenvalue weighted by atomic mass is 9.89. The highest BCUT2D eigenvalue weighted by atomic mass is 16.5. The van der Waals surface area contributed by atoms with Crippen molar-refractivity contribution in [2.75, 3.05) is 7.11 Å². The Hall–Kier alpha value is -1.57. The van der Waals surface area contributed by atoms with Gasteiger partial charge in [0, 0.05) is 5.92 Å². The average Bonchev–Trinajstić information content (AvgIpc) is 2.70. The van der Waals surface area contributed by atoms with E-state index in [9.17, 15) is 4.79 Å². The summed E-state index contributed by atoms with van der Waals surface area (Å²) in [6, 6.07) is 8.15. The van der Waals surface area contributed by atoms with Crippen molar-refractivity contribution in [2.24, 2.45) is 5.92 Å². The molecular weight excluding hydrogens is 188 g/mol. The van der Waals surface area contributed by atoms with E-state index in [1.54, 1.807) is 0 Å². The fourth-order valence-corrected chi connectivity index (χ4v) is 2.05. The van der Waals surface area contributed by atoms with Crippen LogP contribution in [0.3, 0.4) is 0 Å². The van der Waals surface area contributed by atoms with Crippen LogP contribution in [0.4, 0.5) is 0 Å². The summed E-state index contributed by atoms with van der Waals surface area (Å²) in [5, 5.41) is 0. The van der Waals surface area contributed by atoms with Gasteiger partial charge in [0.25, 0.3) is 0 Å². The van der Waals surface area contributed by atoms with Crippen LogP contribution < -0.4 is 0 Å². The minimum atomic E-state index is -0.152. The highest BCUT2D eigenvalue weighted by Gasteiger charge is 2.27. The molecular formula is C13H14O2. The molecule has 0 saturated carbocycles. The normalized spacial score (nSPS) is 19.7. The lowest BCUT2D eigenvalue weighted by Crippen LogP contribution is -2.18. The second-order valence-corrected chi connectivity index (χ2v) is 3.83. The van der Waals surface area contributed by atoms with Crippen LogP contribution in [0.15, 0.2) is 30.3 Å². The number of esters is 1. The summed E-state index contributed by atoms with van der Waals surface area (Å²) in [6.07, 6.45) is 4.14. The maximum atomic E-state index is 11.5. The molecule has 1 aliphatic carbocycles. The third kappa shape index (κ3) is 1.67. The van der Waals surface area contributed by atoms with Crippen LogP contribution >= 0.6 is 0 Å². The molecule has 0 spiro atoms. The molecule has 2 nitrogen and oxygen atoms in total. The number of benzene rings is 1. The molecule has 0 amide bonds. The molecule has 0 aromatic heterocycles. The third-order valence-electron chi connectivity index (χ3n) is 2.95. The molecule has 2 unspecified atom stereocenters. The molecule has 0 heterocycles. The molecule has 0 saturated heterocycles. The van der Waals surface area contributed by atoms with E-state index in [1.165, 1.54) is 18.2 Å². The fraction of sp³-hybridized carbons (Fsp3) is 0.308. The van der Waals surface area contributed by atoms with Gasteiger partial charge in [0.05, 0.1) is 13.0 Å². The van der Waals surface area contributed by atoms with Crippen LogP contribution in [-0.2, 0) is 9.53 Å². The number of hydrogen-bond donors (Lipinski definition) is 0. The van der Waals surface area contributed by atoms with Gasteiger partial charge in [-0.05, 0) is 11.1 Å². The van der Waals surface area contributed by atoms with E-state index in [1.807, 2.05) is 19.1 Å². The number of carbonyl (C=O) groups excluding carboxylic acids is 1. The van der Waals surface area contributed by atoms with E-state index >= 15 is 0 Å². The number of allylic oxidation sites excluding steroid dienone is 1. The van der Waals surface area contributed by atoms with Gasteiger partial charge >= 0.3 is 5.97 Å². The Kier molecular flexibility index (Phi) is 2.58. The topological polar surface area (TPSA) is 26.3 Å². The lowest BCUT2D eigenvalue weighted by molar-refractivity contribution is -0.145. The summed E-state index contributed by atoms with van der Waals surface area (Å²) in [5.74, 6) is -0.107. The maximum Gasteiger partial charge on any atom is 0.309 e. The van der Waals surface area contributed by atoms with E-state index in [4.69, 9.17) is 4.74 Å². The highest BCUT2D eigenvalue weighted by Crippen LogP contribution is 2.35. The van der Waals surface area contributed by atoms with E-state index in [2.05, 4.69) is 24.3 Å². The Labute approximate surface area is 89.6 Å². The predicted molar refractivity (Wildman–Crippen MR) is 59.4 cm³/mol. The number of ether oxygens (including phenoxy) is 1. The summed E-state index contributed by atoms with van der Waals surface area (Å²) >= 11 is 0. The van der Waals surface area contributed by atoms with Crippen molar-refractivity contribution in [2.45, 2.75) is 12.8 Å². The zero-order valence-corrected chi connectivity index (χ0v) is 8.94. The van der Waals surface area contributed by atoms with Crippen molar-refractivity contribution in [1.29, 1.82) is 0 Å². The Morgan fingerprint density at radius 3 is 2.87 bits per heavy atom. The second-order valence-electron chi connectivity index (χ2n) is 3.83. The smallest absolute Gasteiger partial charge is 0.309 e. The number of carbonyl (C=O) groups is 1. The standard InChI is InChI=1S/C13H14O2/c1-9(13(14)15-2)11-8-7-10-5-3-4-6-12(10)11/h3-9,11H,1-2H3. The summed E-state index contributed by atoms with van der Waals surface area (Å²) < 4.78 is 4.77. The Morgan fingerprint density at radius 2 is 2.13 bits per heavy atom. The molecule has 15 heavy (non-hydrogen) atoms. The molecule has 78 valence electrons. The molecule has 0 fully saturated rings. The lowest BCUT2D eigenvalue weighted by Gasteiger charge is -2.16. The Bertz CT molecular complexity index is 407. The van der Waals surface area contributed by atoms with Crippen LogP contribution in [0.1, 0.15) is 24.0 Å². The Morgan fingerprint density at radius 1 is 1.40 bits per heavy atom. The second kappa shape index (κ2) is 3.89. The van der Waals surface area contributed by atoms with Crippen molar-refractivity contribution in [3.05, 3.63) is 41.5 Å². The fourth-order valence-electron chi connectivity index (χ4n) is 2.05. The molecule has 0 radical (unpaired) electrons. The molecule has 0 bridgehead atoms. The van der Waals surface area contributed by atoms with Crippen LogP contribution in [0.5, 0.6) is 0 Å². The molecule has 0 N–H and O–H groups in total. The number of fused-ring (bicyclic) bond motifs is 1. The van der Waals surface area contributed by atoms with E-state index in [-0.39, 0.29) is 17.8 Å². The maximum absolute atomic E-state index is 11.5. The molecule has 2 rings (SSSR count). The molecule has 2 atom stereocenters. The zero-order valence-electron chi connectivity index (χ0n) is 8.94. The van der Waals surface area contributed by atoms with Crippen molar-refractivity contribution in [3.63, 3.8) is 0 Å². The van der Waals surface area contributed by atoms with Gasteiger partial charge in [-0.25, -0.2) is 0 Å². The summed E-state index contributed by atoms with van der Waals surface area (Å²) in [7, 11) is 1.43. The minimum Gasteiger partial charge on any atom is -0.469 e. The number of methoxy groups -OCH3 is 1. The van der Waals surface area contributed by atoms with E-state index < -0.39 is 0 Å². The minimum absolute atomic E-state index is 0.116. The molecule has 0 aliphatic heterocycles. The first-order valence-corrected chi connectivity index (χ1v) is 5.09. The first kappa shape index (κ1) is 9.97. The quantitative estimate of drug-likeness (QED) is 0.689. The molecule has 1 aromatic carbocycles. The zero-order chi connectivity index (χ0) is 10.8. The summed E-state index contributed by atoms with van der Waals surface area (Å²) in [4.78, 5) is 11.5. The van der Waals surface area contributed by atoms with Gasteiger partial charge in [-0.1, -0.05) is 43.3 Å². The molecule has 2 heteroatoms. The van der Waals surface area contributed by atoms with Crippen molar-refractivity contribution < 1.29 is 9.53 Å². The number of rotatable bonds is 2. The van der Waals surface area contributed by atoms with Crippen LogP contribution in [0.2, 0.25) is 0 Å². The van der Waals surface area contributed by atoms with Crippen molar-refractivity contribution in [3.8, 4) is 0 Å². The van der Waals surface area contributed by atoms with Crippen LogP contribution in [-0.4, -0.2) is 13.1 Å². The first-order valence-electron chi connectivity index (χ1n) is 5.09. The van der Waals surface area contributed by atoms with E-state index in [0.717, 1.165) is 0 Å².